The molecule has 0 aromatic heterocycles. The summed E-state index contributed by atoms with van der Waals surface area (Å²) >= 11 is 0. The summed E-state index contributed by atoms with van der Waals surface area (Å²) in [7, 11) is 0. The topological polar surface area (TPSA) is 41.6 Å². The third-order valence-electron chi connectivity index (χ3n) is 2.97. The molecule has 1 aliphatic rings. The van der Waals surface area contributed by atoms with Crippen LogP contribution in [-0.2, 0) is 9.53 Å². The molecule has 1 saturated heterocycles. The van der Waals surface area contributed by atoms with Gasteiger partial charge in [-0.1, -0.05) is 13.2 Å². The second kappa shape index (κ2) is 6.33. The van der Waals surface area contributed by atoms with Crippen LogP contribution in [0, 0.1) is 0 Å². The van der Waals surface area contributed by atoms with E-state index in [1.807, 2.05) is 6.20 Å². The lowest BCUT2D eigenvalue weighted by Gasteiger charge is -2.26. The normalized spacial score (nSPS) is 20.8. The molecule has 0 radical (unpaired) electrons. The molecular weight excluding hydrogens is 216 g/mol. The van der Waals surface area contributed by atoms with Crippen LogP contribution in [0.1, 0.15) is 26.7 Å². The standard InChI is InChI=1S/C13H22N2O2/c1-5-15-9-7-8-12(15)10(3)14-11(4)13(16)17-6-2/h5,11-12,14H,1,3,6-9H2,2,4H3/t11-,12-/m0/s1. The zero-order valence-corrected chi connectivity index (χ0v) is 10.7. The van der Waals surface area contributed by atoms with Crippen molar-refractivity contribution in [2.24, 2.45) is 0 Å². The van der Waals surface area contributed by atoms with Gasteiger partial charge in [-0.05, 0) is 32.9 Å². The van der Waals surface area contributed by atoms with Crippen LogP contribution in [0.2, 0.25) is 0 Å². The molecule has 0 aliphatic carbocycles. The Labute approximate surface area is 103 Å². The second-order valence-corrected chi connectivity index (χ2v) is 4.22. The predicted octanol–water partition coefficient (Wildman–Crippen LogP) is 1.65. The first-order valence-corrected chi connectivity index (χ1v) is 6.10. The number of ether oxygens (including phenoxy) is 1. The van der Waals surface area contributed by atoms with Gasteiger partial charge in [-0.2, -0.15) is 0 Å². The van der Waals surface area contributed by atoms with Gasteiger partial charge in [-0.3, -0.25) is 0 Å². The van der Waals surface area contributed by atoms with Crippen LogP contribution < -0.4 is 5.32 Å². The Morgan fingerprint density at radius 2 is 2.41 bits per heavy atom. The third kappa shape index (κ3) is 3.51. The molecule has 0 saturated carbocycles. The minimum atomic E-state index is -0.352. The van der Waals surface area contributed by atoms with Gasteiger partial charge in [-0.15, -0.1) is 0 Å². The van der Waals surface area contributed by atoms with Gasteiger partial charge in [0.25, 0.3) is 0 Å². The molecule has 2 atom stereocenters. The van der Waals surface area contributed by atoms with Crippen LogP contribution in [0.25, 0.3) is 0 Å². The number of carbonyl (C=O) groups is 1. The minimum Gasteiger partial charge on any atom is -0.464 e. The number of rotatable bonds is 6. The Bertz CT molecular complexity index is 302. The van der Waals surface area contributed by atoms with Crippen LogP contribution in [0.4, 0.5) is 0 Å². The molecule has 17 heavy (non-hydrogen) atoms. The molecule has 1 rings (SSSR count). The highest BCUT2D eigenvalue weighted by molar-refractivity contribution is 5.75. The fourth-order valence-electron chi connectivity index (χ4n) is 2.08. The second-order valence-electron chi connectivity index (χ2n) is 4.22. The highest BCUT2D eigenvalue weighted by Crippen LogP contribution is 2.21. The predicted molar refractivity (Wildman–Crippen MR) is 68.3 cm³/mol. The van der Waals surface area contributed by atoms with Crippen LogP contribution >= 0.6 is 0 Å². The molecule has 1 N–H and O–H groups in total. The van der Waals surface area contributed by atoms with E-state index in [2.05, 4.69) is 23.4 Å². The number of nitrogens with one attached hydrogen (secondary N) is 1. The van der Waals surface area contributed by atoms with Gasteiger partial charge in [0.15, 0.2) is 0 Å². The smallest absolute Gasteiger partial charge is 0.328 e. The van der Waals surface area contributed by atoms with E-state index in [0.29, 0.717) is 6.61 Å². The summed E-state index contributed by atoms with van der Waals surface area (Å²) in [5, 5.41) is 3.11. The zero-order chi connectivity index (χ0) is 12.8. The van der Waals surface area contributed by atoms with Gasteiger partial charge in [-0.25, -0.2) is 4.79 Å². The lowest BCUT2D eigenvalue weighted by atomic mass is 10.1. The van der Waals surface area contributed by atoms with Gasteiger partial charge in [0.05, 0.1) is 12.6 Å². The van der Waals surface area contributed by atoms with Crippen molar-refractivity contribution in [2.75, 3.05) is 13.2 Å². The summed E-state index contributed by atoms with van der Waals surface area (Å²) in [4.78, 5) is 13.6. The van der Waals surface area contributed by atoms with E-state index in [1.165, 1.54) is 0 Å². The van der Waals surface area contributed by atoms with Crippen molar-refractivity contribution >= 4 is 5.97 Å². The van der Waals surface area contributed by atoms with Crippen molar-refractivity contribution in [3.8, 4) is 0 Å². The molecule has 1 fully saturated rings. The van der Waals surface area contributed by atoms with Crippen molar-refractivity contribution in [1.29, 1.82) is 0 Å². The number of carbonyl (C=O) groups excluding carboxylic acids is 1. The number of hydrogen-bond donors (Lipinski definition) is 1. The largest absolute Gasteiger partial charge is 0.464 e. The number of esters is 1. The average molecular weight is 238 g/mol. The summed E-state index contributed by atoms with van der Waals surface area (Å²) in [6.45, 7) is 12.8. The van der Waals surface area contributed by atoms with Crippen molar-refractivity contribution in [1.82, 2.24) is 10.2 Å². The molecule has 4 nitrogen and oxygen atoms in total. The van der Waals surface area contributed by atoms with Crippen molar-refractivity contribution in [2.45, 2.75) is 38.8 Å². The Morgan fingerprint density at radius 3 is 3.00 bits per heavy atom. The molecule has 96 valence electrons. The first-order chi connectivity index (χ1) is 8.10. The van der Waals surface area contributed by atoms with E-state index >= 15 is 0 Å². The van der Waals surface area contributed by atoms with Gasteiger partial charge in [0.2, 0.25) is 0 Å². The Morgan fingerprint density at radius 1 is 1.71 bits per heavy atom. The van der Waals surface area contributed by atoms with Crippen LogP contribution in [0.5, 0.6) is 0 Å². The van der Waals surface area contributed by atoms with Gasteiger partial charge in [0, 0.05) is 12.2 Å². The highest BCUT2D eigenvalue weighted by Gasteiger charge is 2.26. The molecule has 1 aliphatic heterocycles. The number of nitrogens with zero attached hydrogens (tertiary/aromatic N) is 1. The van der Waals surface area contributed by atoms with Crippen LogP contribution in [0.15, 0.2) is 25.1 Å². The molecular formula is C13H22N2O2. The van der Waals surface area contributed by atoms with E-state index in [9.17, 15) is 4.79 Å². The van der Waals surface area contributed by atoms with Crippen LogP contribution in [-0.4, -0.2) is 36.1 Å². The minimum absolute atomic E-state index is 0.239. The molecule has 1 heterocycles. The lowest BCUT2D eigenvalue weighted by Crippen LogP contribution is -2.40. The fourth-order valence-corrected chi connectivity index (χ4v) is 2.08. The SMILES string of the molecule is C=CN1CCC[C@H]1C(=C)N[C@@H](C)C(=O)OCC. The molecule has 0 amide bonds. The van der Waals surface area contributed by atoms with Crippen molar-refractivity contribution in [3.63, 3.8) is 0 Å². The maximum absolute atomic E-state index is 11.5. The van der Waals surface area contributed by atoms with E-state index < -0.39 is 0 Å². The monoisotopic (exact) mass is 238 g/mol. The Hall–Kier alpha value is -1.45. The quantitative estimate of drug-likeness (QED) is 0.714. The van der Waals surface area contributed by atoms with Gasteiger partial charge in [0.1, 0.15) is 6.04 Å². The summed E-state index contributed by atoms with van der Waals surface area (Å²) in [6, 6.07) is -0.112. The maximum atomic E-state index is 11.5. The average Bonchev–Trinajstić information content (AvgIpc) is 2.77. The van der Waals surface area contributed by atoms with E-state index in [4.69, 9.17) is 4.74 Å². The number of hydrogen-bond acceptors (Lipinski definition) is 4. The molecule has 0 spiro atoms. The molecule has 0 aromatic rings. The Balaban J connectivity index is 2.48. The van der Waals surface area contributed by atoms with Crippen molar-refractivity contribution in [3.05, 3.63) is 25.1 Å². The summed E-state index contributed by atoms with van der Waals surface area (Å²) in [5.41, 5.74) is 0.864. The van der Waals surface area contributed by atoms with Crippen molar-refractivity contribution < 1.29 is 9.53 Å². The summed E-state index contributed by atoms with van der Waals surface area (Å²) in [5.74, 6) is -0.239. The zero-order valence-electron chi connectivity index (χ0n) is 10.7. The third-order valence-corrected chi connectivity index (χ3v) is 2.97. The number of likely N-dealkylation sites (tertiary alicyclic amines) is 1. The summed E-state index contributed by atoms with van der Waals surface area (Å²) in [6.07, 6.45) is 4.01. The van der Waals surface area contributed by atoms with Gasteiger partial charge >= 0.3 is 5.97 Å². The lowest BCUT2D eigenvalue weighted by molar-refractivity contribution is -0.144. The molecule has 0 unspecified atom stereocenters. The first kappa shape index (κ1) is 13.6. The maximum Gasteiger partial charge on any atom is 0.328 e. The first-order valence-electron chi connectivity index (χ1n) is 6.10. The van der Waals surface area contributed by atoms with E-state index in [1.54, 1.807) is 13.8 Å². The van der Waals surface area contributed by atoms with E-state index in [-0.39, 0.29) is 18.1 Å². The molecule has 4 heteroatoms. The van der Waals surface area contributed by atoms with Crippen LogP contribution in [0.3, 0.4) is 0 Å². The molecule has 0 bridgehead atoms. The fraction of sp³-hybridized carbons (Fsp3) is 0.615. The highest BCUT2D eigenvalue weighted by atomic mass is 16.5. The van der Waals surface area contributed by atoms with Gasteiger partial charge < -0.3 is 15.0 Å². The summed E-state index contributed by atoms with van der Waals surface area (Å²) < 4.78 is 4.94. The van der Waals surface area contributed by atoms with E-state index in [0.717, 1.165) is 25.1 Å². The Kier molecular flexibility index (Phi) is 5.07. The molecule has 0 aromatic carbocycles.